The highest BCUT2D eigenvalue weighted by Crippen LogP contribution is 2.21. The summed E-state index contributed by atoms with van der Waals surface area (Å²) in [6.07, 6.45) is 3.97. The van der Waals surface area contributed by atoms with Gasteiger partial charge in [-0.05, 0) is 44.0 Å². The third-order valence-electron chi connectivity index (χ3n) is 3.80. The van der Waals surface area contributed by atoms with E-state index in [1.54, 1.807) is 6.07 Å². The first-order valence-electron chi connectivity index (χ1n) is 7.05. The summed E-state index contributed by atoms with van der Waals surface area (Å²) in [6.45, 7) is 2.61. The predicted octanol–water partition coefficient (Wildman–Crippen LogP) is -0.227. The molecule has 1 saturated heterocycles. The molecule has 1 aromatic rings. The van der Waals surface area contributed by atoms with Gasteiger partial charge in [0.15, 0.2) is 0 Å². The van der Waals surface area contributed by atoms with Crippen molar-refractivity contribution in [3.63, 3.8) is 0 Å². The number of hydrogen-bond acceptors (Lipinski definition) is 5. The van der Waals surface area contributed by atoms with Gasteiger partial charge in [-0.25, -0.2) is 5.84 Å². The summed E-state index contributed by atoms with van der Waals surface area (Å²) in [5, 5.41) is 0. The normalized spacial score (nSPS) is 16.6. The standard InChI is InChI=1S/C14H21N5O2/c15-13(20)7-10-3-5-19(6-4-10)9-12-2-1-11(8-17-12)14(21)18-16/h1-2,8,10H,3-7,9,16H2,(H2,15,20)(H,18,21). The second-order valence-corrected chi connectivity index (χ2v) is 5.40. The maximum Gasteiger partial charge on any atom is 0.266 e. The Morgan fingerprint density at radius 2 is 2.05 bits per heavy atom. The summed E-state index contributed by atoms with van der Waals surface area (Å²) in [5.41, 5.74) is 8.66. The van der Waals surface area contributed by atoms with Crippen molar-refractivity contribution < 1.29 is 9.59 Å². The van der Waals surface area contributed by atoms with E-state index in [1.807, 2.05) is 6.07 Å². The number of carbonyl (C=O) groups excluding carboxylic acids is 2. The van der Waals surface area contributed by atoms with Gasteiger partial charge < -0.3 is 5.73 Å². The van der Waals surface area contributed by atoms with E-state index in [0.29, 0.717) is 17.9 Å². The summed E-state index contributed by atoms with van der Waals surface area (Å²) in [6, 6.07) is 3.55. The third-order valence-corrected chi connectivity index (χ3v) is 3.80. The molecule has 2 amide bonds. The van der Waals surface area contributed by atoms with Gasteiger partial charge in [0.1, 0.15) is 0 Å². The van der Waals surface area contributed by atoms with Crippen LogP contribution in [-0.4, -0.2) is 34.8 Å². The number of hydrogen-bond donors (Lipinski definition) is 3. The number of amides is 2. The van der Waals surface area contributed by atoms with Crippen molar-refractivity contribution in [1.82, 2.24) is 15.3 Å². The van der Waals surface area contributed by atoms with E-state index in [9.17, 15) is 9.59 Å². The summed E-state index contributed by atoms with van der Waals surface area (Å²) >= 11 is 0. The van der Waals surface area contributed by atoms with Gasteiger partial charge >= 0.3 is 0 Å². The fraction of sp³-hybridized carbons (Fsp3) is 0.500. The van der Waals surface area contributed by atoms with Gasteiger partial charge in [-0.1, -0.05) is 0 Å². The maximum atomic E-state index is 11.3. The predicted molar refractivity (Wildman–Crippen MR) is 77.7 cm³/mol. The second-order valence-electron chi connectivity index (χ2n) is 5.40. The monoisotopic (exact) mass is 291 g/mol. The number of piperidine rings is 1. The lowest BCUT2D eigenvalue weighted by molar-refractivity contribution is -0.119. The molecule has 1 aromatic heterocycles. The molecular weight excluding hydrogens is 270 g/mol. The minimum atomic E-state index is -0.346. The first-order valence-corrected chi connectivity index (χ1v) is 7.05. The molecule has 2 rings (SSSR count). The summed E-state index contributed by atoms with van der Waals surface area (Å²) in [7, 11) is 0. The van der Waals surface area contributed by atoms with E-state index in [1.165, 1.54) is 6.20 Å². The van der Waals surface area contributed by atoms with Crippen molar-refractivity contribution >= 4 is 11.8 Å². The number of aromatic nitrogens is 1. The lowest BCUT2D eigenvalue weighted by Gasteiger charge is -2.31. The first-order chi connectivity index (χ1) is 10.1. The zero-order valence-corrected chi connectivity index (χ0v) is 11.9. The van der Waals surface area contributed by atoms with E-state index in [-0.39, 0.29) is 11.8 Å². The molecule has 0 aromatic carbocycles. The third kappa shape index (κ3) is 4.51. The van der Waals surface area contributed by atoms with Gasteiger partial charge in [-0.3, -0.25) is 24.9 Å². The van der Waals surface area contributed by atoms with Crippen molar-refractivity contribution in [2.45, 2.75) is 25.8 Å². The number of likely N-dealkylation sites (tertiary alicyclic amines) is 1. The Morgan fingerprint density at radius 3 is 2.57 bits per heavy atom. The molecule has 1 fully saturated rings. The minimum absolute atomic E-state index is 0.219. The molecule has 5 N–H and O–H groups in total. The van der Waals surface area contributed by atoms with Crippen molar-refractivity contribution in [3.8, 4) is 0 Å². The van der Waals surface area contributed by atoms with Crippen LogP contribution in [0.15, 0.2) is 18.3 Å². The van der Waals surface area contributed by atoms with Crippen LogP contribution < -0.4 is 17.0 Å². The Labute approximate surface area is 123 Å². The average molecular weight is 291 g/mol. The molecule has 0 aliphatic carbocycles. The van der Waals surface area contributed by atoms with Gasteiger partial charge in [-0.2, -0.15) is 0 Å². The molecule has 7 nitrogen and oxygen atoms in total. The van der Waals surface area contributed by atoms with Crippen LogP contribution in [0.1, 0.15) is 35.3 Å². The van der Waals surface area contributed by atoms with Crippen LogP contribution in [0, 0.1) is 5.92 Å². The number of nitrogens with one attached hydrogen (secondary N) is 1. The van der Waals surface area contributed by atoms with Crippen LogP contribution >= 0.6 is 0 Å². The molecule has 7 heteroatoms. The smallest absolute Gasteiger partial charge is 0.266 e. The summed E-state index contributed by atoms with van der Waals surface area (Å²) in [5.74, 6) is 4.91. The van der Waals surface area contributed by atoms with Crippen LogP contribution in [0.5, 0.6) is 0 Å². The van der Waals surface area contributed by atoms with Gasteiger partial charge in [0, 0.05) is 19.2 Å². The lowest BCUT2D eigenvalue weighted by Crippen LogP contribution is -2.35. The second kappa shape index (κ2) is 7.14. The number of hydrazine groups is 1. The number of nitrogens with zero attached hydrogens (tertiary/aromatic N) is 2. The number of nitrogen functional groups attached to an aromatic ring is 1. The summed E-state index contributed by atoms with van der Waals surface area (Å²) < 4.78 is 0. The molecule has 2 heterocycles. The molecule has 0 radical (unpaired) electrons. The quantitative estimate of drug-likeness (QED) is 0.394. The molecule has 21 heavy (non-hydrogen) atoms. The van der Waals surface area contributed by atoms with E-state index >= 15 is 0 Å². The summed E-state index contributed by atoms with van der Waals surface area (Å²) in [4.78, 5) is 28.8. The zero-order valence-electron chi connectivity index (χ0n) is 11.9. The highest BCUT2D eigenvalue weighted by Gasteiger charge is 2.20. The van der Waals surface area contributed by atoms with E-state index in [0.717, 1.165) is 38.2 Å². The Bertz CT molecular complexity index is 495. The Morgan fingerprint density at radius 1 is 1.33 bits per heavy atom. The fourth-order valence-electron chi connectivity index (χ4n) is 2.60. The van der Waals surface area contributed by atoms with Gasteiger partial charge in [-0.15, -0.1) is 0 Å². The molecule has 1 aliphatic heterocycles. The topological polar surface area (TPSA) is 114 Å². The molecule has 0 atom stereocenters. The number of nitrogens with two attached hydrogens (primary N) is 2. The number of rotatable bonds is 5. The highest BCUT2D eigenvalue weighted by molar-refractivity contribution is 5.93. The van der Waals surface area contributed by atoms with Crippen molar-refractivity contribution in [2.24, 2.45) is 17.5 Å². The SMILES string of the molecule is NNC(=O)c1ccc(CN2CCC(CC(N)=O)CC2)nc1. The van der Waals surface area contributed by atoms with Crippen molar-refractivity contribution in [3.05, 3.63) is 29.6 Å². The molecule has 1 aliphatic rings. The molecular formula is C14H21N5O2. The molecule has 0 spiro atoms. The Hall–Kier alpha value is -1.99. The average Bonchev–Trinajstić information content (AvgIpc) is 2.49. The highest BCUT2D eigenvalue weighted by atomic mass is 16.2. The molecule has 0 saturated carbocycles. The maximum absolute atomic E-state index is 11.3. The Balaban J connectivity index is 1.83. The molecule has 0 bridgehead atoms. The lowest BCUT2D eigenvalue weighted by atomic mass is 9.93. The molecule has 114 valence electrons. The largest absolute Gasteiger partial charge is 0.370 e. The van der Waals surface area contributed by atoms with Crippen LogP contribution in [0.25, 0.3) is 0 Å². The van der Waals surface area contributed by atoms with E-state index in [2.05, 4.69) is 15.3 Å². The van der Waals surface area contributed by atoms with Crippen LogP contribution in [0.2, 0.25) is 0 Å². The van der Waals surface area contributed by atoms with Crippen LogP contribution in [0.3, 0.4) is 0 Å². The van der Waals surface area contributed by atoms with E-state index < -0.39 is 0 Å². The number of primary amides is 1. The van der Waals surface area contributed by atoms with Gasteiger partial charge in [0.05, 0.1) is 11.3 Å². The Kier molecular flexibility index (Phi) is 5.24. The number of pyridine rings is 1. The van der Waals surface area contributed by atoms with E-state index in [4.69, 9.17) is 11.6 Å². The zero-order chi connectivity index (χ0) is 15.2. The van der Waals surface area contributed by atoms with Gasteiger partial charge in [0.25, 0.3) is 5.91 Å². The van der Waals surface area contributed by atoms with Crippen molar-refractivity contribution in [1.29, 1.82) is 0 Å². The number of carbonyl (C=O) groups is 2. The van der Waals surface area contributed by atoms with Crippen LogP contribution in [0.4, 0.5) is 0 Å². The first kappa shape index (κ1) is 15.4. The fourth-order valence-corrected chi connectivity index (χ4v) is 2.60. The van der Waals surface area contributed by atoms with Crippen LogP contribution in [-0.2, 0) is 11.3 Å². The molecule has 0 unspecified atom stereocenters. The van der Waals surface area contributed by atoms with Gasteiger partial charge in [0.2, 0.25) is 5.91 Å². The minimum Gasteiger partial charge on any atom is -0.370 e. The van der Waals surface area contributed by atoms with Crippen molar-refractivity contribution in [2.75, 3.05) is 13.1 Å².